The maximum absolute atomic E-state index is 13.7. The molecule has 1 fully saturated rings. The molecule has 0 saturated carbocycles. The molecule has 4 aromatic heterocycles. The number of pyridine rings is 3. The van der Waals surface area contributed by atoms with Crippen LogP contribution in [0, 0.1) is 0 Å². The van der Waals surface area contributed by atoms with E-state index in [-0.39, 0.29) is 17.5 Å². The van der Waals surface area contributed by atoms with Gasteiger partial charge in [-0.05, 0) is 56.9 Å². The molecule has 9 heteroatoms. The fourth-order valence-electron chi connectivity index (χ4n) is 4.89. The van der Waals surface area contributed by atoms with E-state index in [0.29, 0.717) is 21.9 Å². The SMILES string of the molecule is CN(C)C1CCN(c2ccc3c(=O)c(C(=O)NCc4ccccn4)c4sc5ccccc5n4c3n2)C1. The number of thiazole rings is 1. The molecule has 36 heavy (non-hydrogen) atoms. The Morgan fingerprint density at radius 3 is 2.75 bits per heavy atom. The minimum atomic E-state index is -0.408. The van der Waals surface area contributed by atoms with Crippen molar-refractivity contribution < 1.29 is 4.79 Å². The third kappa shape index (κ3) is 3.81. The van der Waals surface area contributed by atoms with Crippen molar-refractivity contribution in [3.05, 3.63) is 82.3 Å². The maximum atomic E-state index is 13.7. The number of likely N-dealkylation sites (N-methyl/N-ethyl adjacent to an activating group) is 1. The lowest BCUT2D eigenvalue weighted by atomic mass is 10.1. The Bertz CT molecular complexity index is 1660. The van der Waals surface area contributed by atoms with E-state index >= 15 is 0 Å². The van der Waals surface area contributed by atoms with Crippen LogP contribution in [0.5, 0.6) is 0 Å². The van der Waals surface area contributed by atoms with Crippen LogP contribution >= 0.6 is 11.3 Å². The minimum Gasteiger partial charge on any atom is -0.355 e. The molecule has 1 aliphatic heterocycles. The Labute approximate surface area is 211 Å². The number of fused-ring (bicyclic) bond motifs is 5. The lowest BCUT2D eigenvalue weighted by Crippen LogP contribution is -2.32. The van der Waals surface area contributed by atoms with Gasteiger partial charge in [-0.3, -0.25) is 19.0 Å². The van der Waals surface area contributed by atoms with Gasteiger partial charge in [0, 0.05) is 25.3 Å². The lowest BCUT2D eigenvalue weighted by Gasteiger charge is -2.21. The summed E-state index contributed by atoms with van der Waals surface area (Å²) in [5.41, 5.74) is 2.08. The van der Waals surface area contributed by atoms with E-state index in [2.05, 4.69) is 34.2 Å². The van der Waals surface area contributed by atoms with Crippen LogP contribution < -0.4 is 15.6 Å². The minimum absolute atomic E-state index is 0.142. The van der Waals surface area contributed by atoms with Crippen LogP contribution in [0.2, 0.25) is 0 Å². The molecule has 5 aromatic rings. The van der Waals surface area contributed by atoms with E-state index in [9.17, 15) is 9.59 Å². The predicted octanol–water partition coefficient (Wildman–Crippen LogP) is 3.53. The molecule has 8 nitrogen and oxygen atoms in total. The van der Waals surface area contributed by atoms with Crippen LogP contribution in [-0.2, 0) is 6.54 Å². The first-order valence-electron chi connectivity index (χ1n) is 12.0. The molecule has 5 heterocycles. The smallest absolute Gasteiger partial charge is 0.258 e. The Balaban J connectivity index is 1.50. The van der Waals surface area contributed by atoms with Crippen molar-refractivity contribution in [1.82, 2.24) is 24.6 Å². The highest BCUT2D eigenvalue weighted by Gasteiger charge is 2.27. The van der Waals surface area contributed by atoms with Gasteiger partial charge in [0.1, 0.15) is 16.2 Å². The van der Waals surface area contributed by atoms with E-state index in [4.69, 9.17) is 4.98 Å². The number of carbonyl (C=O) groups excluding carboxylic acids is 1. The quantitative estimate of drug-likeness (QED) is 0.399. The molecule has 0 spiro atoms. The third-order valence-electron chi connectivity index (χ3n) is 6.87. The summed E-state index contributed by atoms with van der Waals surface area (Å²) in [5, 5.41) is 3.32. The van der Waals surface area contributed by atoms with E-state index < -0.39 is 5.91 Å². The monoisotopic (exact) mass is 498 g/mol. The number of rotatable bonds is 5. The molecule has 1 amide bonds. The fraction of sp³-hybridized carbons (Fsp3) is 0.259. The number of nitrogens with one attached hydrogen (secondary N) is 1. The van der Waals surface area contributed by atoms with Crippen LogP contribution in [-0.4, -0.2) is 58.4 Å². The molecule has 1 aromatic carbocycles. The average Bonchev–Trinajstić information content (AvgIpc) is 3.54. The van der Waals surface area contributed by atoms with Crippen molar-refractivity contribution >= 4 is 49.1 Å². The molecule has 1 atom stereocenters. The van der Waals surface area contributed by atoms with Crippen molar-refractivity contribution in [2.24, 2.45) is 0 Å². The first-order chi connectivity index (χ1) is 17.5. The van der Waals surface area contributed by atoms with Crippen LogP contribution in [0.1, 0.15) is 22.5 Å². The number of hydrogen-bond donors (Lipinski definition) is 1. The average molecular weight is 499 g/mol. The standard InChI is InChI=1S/C27H26N6O2S/c1-31(2)18-12-14-32(16-18)22-11-10-19-24(34)23(26(35)29-15-17-7-5-6-13-28-17)27-33(25(19)30-22)20-8-3-4-9-21(20)36-27/h3-11,13,18H,12,14-16H2,1-2H3,(H,29,35). The number of amides is 1. The highest BCUT2D eigenvalue weighted by atomic mass is 32.1. The van der Waals surface area contributed by atoms with Gasteiger partial charge >= 0.3 is 0 Å². The normalized spacial score (nSPS) is 16.0. The predicted molar refractivity (Wildman–Crippen MR) is 144 cm³/mol. The molecule has 1 N–H and O–H groups in total. The zero-order valence-electron chi connectivity index (χ0n) is 20.1. The fourth-order valence-corrected chi connectivity index (χ4v) is 6.07. The lowest BCUT2D eigenvalue weighted by molar-refractivity contribution is 0.0951. The molecule has 1 unspecified atom stereocenters. The second-order valence-corrected chi connectivity index (χ2v) is 10.3. The van der Waals surface area contributed by atoms with Gasteiger partial charge in [-0.1, -0.05) is 18.2 Å². The van der Waals surface area contributed by atoms with E-state index in [0.717, 1.165) is 41.2 Å². The van der Waals surface area contributed by atoms with Crippen LogP contribution in [0.25, 0.3) is 26.1 Å². The number of aromatic nitrogens is 3. The summed E-state index contributed by atoms with van der Waals surface area (Å²) in [6.45, 7) is 2.05. The number of anilines is 1. The molecular weight excluding hydrogens is 472 g/mol. The zero-order chi connectivity index (χ0) is 24.8. The molecular formula is C27H26N6O2S. The number of hydrogen-bond acceptors (Lipinski definition) is 7. The van der Waals surface area contributed by atoms with Crippen LogP contribution in [0.4, 0.5) is 5.82 Å². The number of benzene rings is 1. The summed E-state index contributed by atoms with van der Waals surface area (Å²) < 4.78 is 2.96. The Morgan fingerprint density at radius 1 is 1.14 bits per heavy atom. The van der Waals surface area contributed by atoms with E-state index in [1.807, 2.05) is 59.0 Å². The molecule has 1 saturated heterocycles. The number of carbonyl (C=O) groups is 1. The summed E-state index contributed by atoms with van der Waals surface area (Å²) >= 11 is 1.44. The summed E-state index contributed by atoms with van der Waals surface area (Å²) in [4.78, 5) is 41.4. The second-order valence-electron chi connectivity index (χ2n) is 9.31. The van der Waals surface area contributed by atoms with Gasteiger partial charge in [-0.25, -0.2) is 4.98 Å². The van der Waals surface area contributed by atoms with Gasteiger partial charge in [0.05, 0.1) is 27.8 Å². The van der Waals surface area contributed by atoms with Gasteiger partial charge in [-0.2, -0.15) is 0 Å². The van der Waals surface area contributed by atoms with Gasteiger partial charge in [0.25, 0.3) is 5.91 Å². The third-order valence-corrected chi connectivity index (χ3v) is 8.02. The van der Waals surface area contributed by atoms with E-state index in [1.165, 1.54) is 11.3 Å². The van der Waals surface area contributed by atoms with Gasteiger partial charge in [-0.15, -0.1) is 11.3 Å². The zero-order valence-corrected chi connectivity index (χ0v) is 21.0. The first-order valence-corrected chi connectivity index (χ1v) is 12.8. The molecule has 0 bridgehead atoms. The Kier molecular flexibility index (Phi) is 5.66. The maximum Gasteiger partial charge on any atom is 0.258 e. The molecule has 0 aliphatic carbocycles. The van der Waals surface area contributed by atoms with Crippen LogP contribution in [0.15, 0.2) is 65.6 Å². The number of para-hydroxylation sites is 1. The topological polar surface area (TPSA) is 82.8 Å². The Hall–Kier alpha value is -3.82. The highest BCUT2D eigenvalue weighted by Crippen LogP contribution is 2.32. The van der Waals surface area contributed by atoms with Gasteiger partial charge in [0.2, 0.25) is 5.43 Å². The summed E-state index contributed by atoms with van der Waals surface area (Å²) in [6.07, 6.45) is 2.75. The molecule has 6 rings (SSSR count). The van der Waals surface area contributed by atoms with Crippen molar-refractivity contribution in [2.45, 2.75) is 19.0 Å². The number of nitrogens with zero attached hydrogens (tertiary/aromatic N) is 5. The molecule has 182 valence electrons. The summed E-state index contributed by atoms with van der Waals surface area (Å²) in [5.74, 6) is 0.441. The highest BCUT2D eigenvalue weighted by molar-refractivity contribution is 7.24. The van der Waals surface area contributed by atoms with Crippen LogP contribution in [0.3, 0.4) is 0 Å². The Morgan fingerprint density at radius 2 is 1.97 bits per heavy atom. The van der Waals surface area contributed by atoms with Gasteiger partial charge < -0.3 is 15.1 Å². The summed E-state index contributed by atoms with van der Waals surface area (Å²) in [6, 6.07) is 17.7. The van der Waals surface area contributed by atoms with Crippen molar-refractivity contribution in [3.63, 3.8) is 0 Å². The van der Waals surface area contributed by atoms with Crippen molar-refractivity contribution in [1.29, 1.82) is 0 Å². The van der Waals surface area contributed by atoms with Gasteiger partial charge in [0.15, 0.2) is 5.65 Å². The second kappa shape index (κ2) is 9.00. The largest absolute Gasteiger partial charge is 0.355 e. The van der Waals surface area contributed by atoms with Crippen molar-refractivity contribution in [3.8, 4) is 0 Å². The molecule has 1 aliphatic rings. The summed E-state index contributed by atoms with van der Waals surface area (Å²) in [7, 11) is 4.20. The first kappa shape index (κ1) is 22.6. The van der Waals surface area contributed by atoms with E-state index in [1.54, 1.807) is 6.20 Å². The molecule has 0 radical (unpaired) electrons. The van der Waals surface area contributed by atoms with Crippen molar-refractivity contribution in [2.75, 3.05) is 32.1 Å².